The van der Waals surface area contributed by atoms with Crippen molar-refractivity contribution in [3.8, 4) is 5.82 Å². The van der Waals surface area contributed by atoms with Crippen LogP contribution >= 0.6 is 11.8 Å². The van der Waals surface area contributed by atoms with Crippen molar-refractivity contribution in [3.63, 3.8) is 0 Å². The Morgan fingerprint density at radius 1 is 1.42 bits per heavy atom. The second-order valence-electron chi connectivity index (χ2n) is 6.08. The Labute approximate surface area is 143 Å². The number of rotatable bonds is 3. The molecule has 0 saturated carbocycles. The van der Waals surface area contributed by atoms with Crippen molar-refractivity contribution >= 4 is 29.3 Å². The summed E-state index contributed by atoms with van der Waals surface area (Å²) in [7, 11) is 0. The van der Waals surface area contributed by atoms with Crippen molar-refractivity contribution in [3.05, 3.63) is 36.8 Å². The lowest BCUT2D eigenvalue weighted by molar-refractivity contribution is -0.135. The second-order valence-corrected chi connectivity index (χ2v) is 7.58. The smallest absolute Gasteiger partial charge is 0.248 e. The number of amides is 2. The van der Waals surface area contributed by atoms with Gasteiger partial charge in [-0.1, -0.05) is 0 Å². The van der Waals surface area contributed by atoms with E-state index in [0.29, 0.717) is 23.7 Å². The monoisotopic (exact) mass is 343 g/mol. The molecule has 2 atom stereocenters. The second kappa shape index (κ2) is 5.62. The summed E-state index contributed by atoms with van der Waals surface area (Å²) >= 11 is 1.68. The highest BCUT2D eigenvalue weighted by Gasteiger charge is 2.52. The largest absolute Gasteiger partial charge is 0.321 e. The van der Waals surface area contributed by atoms with E-state index < -0.39 is 6.04 Å². The number of nitrogens with one attached hydrogen (secondary N) is 1. The first kappa shape index (κ1) is 15.2. The molecule has 4 heterocycles. The van der Waals surface area contributed by atoms with Gasteiger partial charge < -0.3 is 10.2 Å². The van der Waals surface area contributed by atoms with Crippen LogP contribution in [0.1, 0.15) is 19.8 Å². The van der Waals surface area contributed by atoms with Gasteiger partial charge in [0.05, 0.1) is 10.6 Å². The number of hydrogen-bond donors (Lipinski definition) is 1. The van der Waals surface area contributed by atoms with Crippen LogP contribution in [-0.2, 0) is 9.59 Å². The average molecular weight is 343 g/mol. The standard InChI is InChI=1S/C16H17N5O2S/c1-16-6-5-13(22)21(16)12(10-24-16)15(23)19-11-4-2-7-17-14(11)20-9-3-8-18-20/h2-4,7-9,12H,5-6,10H2,1H3,(H,19,23)/t12-,16+/m1/s1. The number of anilines is 1. The predicted molar refractivity (Wildman–Crippen MR) is 90.7 cm³/mol. The molecule has 8 heteroatoms. The first-order valence-corrected chi connectivity index (χ1v) is 8.79. The number of nitrogens with zero attached hydrogens (tertiary/aromatic N) is 4. The normalized spacial score (nSPS) is 25.8. The molecule has 0 aromatic carbocycles. The summed E-state index contributed by atoms with van der Waals surface area (Å²) in [6.45, 7) is 2.04. The summed E-state index contributed by atoms with van der Waals surface area (Å²) in [5.41, 5.74) is 0.580. The van der Waals surface area contributed by atoms with E-state index in [2.05, 4.69) is 15.4 Å². The zero-order valence-corrected chi connectivity index (χ0v) is 14.0. The molecular weight excluding hydrogens is 326 g/mol. The average Bonchev–Trinajstić information content (AvgIpc) is 3.26. The first-order chi connectivity index (χ1) is 11.6. The highest BCUT2D eigenvalue weighted by molar-refractivity contribution is 8.01. The molecule has 24 heavy (non-hydrogen) atoms. The van der Waals surface area contributed by atoms with Crippen LogP contribution < -0.4 is 5.32 Å². The lowest BCUT2D eigenvalue weighted by Crippen LogP contribution is -2.48. The fourth-order valence-corrected chi connectivity index (χ4v) is 4.73. The Hall–Kier alpha value is -2.35. The van der Waals surface area contributed by atoms with E-state index in [1.54, 1.807) is 58.1 Å². The molecule has 0 spiro atoms. The van der Waals surface area contributed by atoms with E-state index in [1.165, 1.54) is 0 Å². The SMILES string of the molecule is C[C@]12CCC(=O)N1[C@@H](C(=O)Nc1cccnc1-n1cccn1)CS2. The molecule has 0 radical (unpaired) electrons. The number of carbonyl (C=O) groups excluding carboxylic acids is 2. The minimum atomic E-state index is -0.444. The van der Waals surface area contributed by atoms with Gasteiger partial charge in [0, 0.05) is 30.8 Å². The molecule has 0 unspecified atom stereocenters. The minimum Gasteiger partial charge on any atom is -0.321 e. The Morgan fingerprint density at radius 2 is 2.29 bits per heavy atom. The van der Waals surface area contributed by atoms with E-state index in [0.717, 1.165) is 6.42 Å². The van der Waals surface area contributed by atoms with E-state index in [-0.39, 0.29) is 16.7 Å². The maximum atomic E-state index is 12.8. The van der Waals surface area contributed by atoms with Crippen LogP contribution in [0.25, 0.3) is 5.82 Å². The third-order valence-electron chi connectivity index (χ3n) is 4.51. The van der Waals surface area contributed by atoms with Gasteiger partial charge in [-0.15, -0.1) is 11.8 Å². The fraction of sp³-hybridized carbons (Fsp3) is 0.375. The van der Waals surface area contributed by atoms with Gasteiger partial charge in [0.2, 0.25) is 11.8 Å². The van der Waals surface area contributed by atoms with Gasteiger partial charge in [0.15, 0.2) is 5.82 Å². The maximum absolute atomic E-state index is 12.8. The lowest BCUT2D eigenvalue weighted by atomic mass is 10.2. The van der Waals surface area contributed by atoms with Gasteiger partial charge in [0.25, 0.3) is 0 Å². The summed E-state index contributed by atoms with van der Waals surface area (Å²) < 4.78 is 1.60. The van der Waals surface area contributed by atoms with Gasteiger partial charge in [-0.3, -0.25) is 9.59 Å². The Morgan fingerprint density at radius 3 is 3.08 bits per heavy atom. The highest BCUT2D eigenvalue weighted by atomic mass is 32.2. The number of carbonyl (C=O) groups is 2. The summed E-state index contributed by atoms with van der Waals surface area (Å²) in [5, 5.41) is 7.08. The van der Waals surface area contributed by atoms with E-state index >= 15 is 0 Å². The van der Waals surface area contributed by atoms with Crippen molar-refractivity contribution in [2.24, 2.45) is 0 Å². The Bertz CT molecular complexity index is 794. The van der Waals surface area contributed by atoms with Gasteiger partial charge in [0.1, 0.15) is 6.04 Å². The zero-order valence-electron chi connectivity index (χ0n) is 13.2. The number of pyridine rings is 1. The molecule has 2 aromatic heterocycles. The molecule has 7 nitrogen and oxygen atoms in total. The van der Waals surface area contributed by atoms with Gasteiger partial charge >= 0.3 is 0 Å². The van der Waals surface area contributed by atoms with Crippen molar-refractivity contribution < 1.29 is 9.59 Å². The third kappa shape index (κ3) is 2.37. The molecule has 2 saturated heterocycles. The molecule has 0 aliphatic carbocycles. The first-order valence-electron chi connectivity index (χ1n) is 7.80. The quantitative estimate of drug-likeness (QED) is 0.917. The Balaban J connectivity index is 1.59. The number of thioether (sulfide) groups is 1. The molecule has 2 fully saturated rings. The van der Waals surface area contributed by atoms with Crippen LogP contribution in [0.5, 0.6) is 0 Å². The van der Waals surface area contributed by atoms with E-state index in [4.69, 9.17) is 0 Å². The van der Waals surface area contributed by atoms with E-state index in [9.17, 15) is 9.59 Å². The molecule has 2 aliphatic heterocycles. The summed E-state index contributed by atoms with van der Waals surface area (Å²) in [6.07, 6.45) is 6.39. The molecule has 2 aliphatic rings. The molecule has 2 amide bonds. The van der Waals surface area contributed by atoms with Crippen molar-refractivity contribution in [1.82, 2.24) is 19.7 Å². The number of hydrogen-bond acceptors (Lipinski definition) is 5. The molecule has 2 aromatic rings. The van der Waals surface area contributed by atoms with Crippen LogP contribution in [0, 0.1) is 0 Å². The minimum absolute atomic E-state index is 0.0566. The predicted octanol–water partition coefficient (Wildman–Crippen LogP) is 1.66. The summed E-state index contributed by atoms with van der Waals surface area (Å²) in [5.74, 6) is 1.05. The van der Waals surface area contributed by atoms with Crippen molar-refractivity contribution in [1.29, 1.82) is 0 Å². The third-order valence-corrected chi connectivity index (χ3v) is 6.02. The highest BCUT2D eigenvalue weighted by Crippen LogP contribution is 2.47. The lowest BCUT2D eigenvalue weighted by Gasteiger charge is -2.29. The number of aromatic nitrogens is 3. The molecule has 4 rings (SSSR count). The molecule has 124 valence electrons. The van der Waals surface area contributed by atoms with Crippen LogP contribution in [0.4, 0.5) is 5.69 Å². The van der Waals surface area contributed by atoms with Gasteiger partial charge in [-0.2, -0.15) is 5.10 Å². The van der Waals surface area contributed by atoms with Crippen LogP contribution in [0.2, 0.25) is 0 Å². The molecule has 1 N–H and O–H groups in total. The maximum Gasteiger partial charge on any atom is 0.248 e. The zero-order chi connectivity index (χ0) is 16.7. The summed E-state index contributed by atoms with van der Waals surface area (Å²) in [4.78, 5) is 30.8. The molecular formula is C16H17N5O2S. The van der Waals surface area contributed by atoms with Crippen LogP contribution in [0.3, 0.4) is 0 Å². The van der Waals surface area contributed by atoms with Crippen molar-refractivity contribution in [2.75, 3.05) is 11.1 Å². The topological polar surface area (TPSA) is 80.1 Å². The summed E-state index contributed by atoms with van der Waals surface area (Å²) in [6, 6.07) is 4.90. The molecule has 0 bridgehead atoms. The Kier molecular flexibility index (Phi) is 3.56. The van der Waals surface area contributed by atoms with Gasteiger partial charge in [-0.25, -0.2) is 9.67 Å². The van der Waals surface area contributed by atoms with Crippen molar-refractivity contribution in [2.45, 2.75) is 30.7 Å². The van der Waals surface area contributed by atoms with Gasteiger partial charge in [-0.05, 0) is 31.5 Å². The van der Waals surface area contributed by atoms with Crippen LogP contribution in [-0.4, -0.2) is 48.1 Å². The van der Waals surface area contributed by atoms with E-state index in [1.807, 2.05) is 6.92 Å². The fourth-order valence-electron chi connectivity index (χ4n) is 3.30. The number of fused-ring (bicyclic) bond motifs is 1. The van der Waals surface area contributed by atoms with Crippen LogP contribution in [0.15, 0.2) is 36.8 Å².